The van der Waals surface area contributed by atoms with Gasteiger partial charge in [-0.05, 0) is 56.0 Å². The van der Waals surface area contributed by atoms with E-state index in [4.69, 9.17) is 32.8 Å². The molecule has 0 saturated heterocycles. The molecule has 186 valence electrons. The highest BCUT2D eigenvalue weighted by Crippen LogP contribution is 2.26. The van der Waals surface area contributed by atoms with Gasteiger partial charge in [0.1, 0.15) is 13.2 Å². The maximum absolute atomic E-state index is 12.9. The summed E-state index contributed by atoms with van der Waals surface area (Å²) in [4.78, 5) is 42.9. The van der Waals surface area contributed by atoms with Gasteiger partial charge in [0.15, 0.2) is 0 Å². The summed E-state index contributed by atoms with van der Waals surface area (Å²) >= 11 is 12.2. The van der Waals surface area contributed by atoms with E-state index >= 15 is 0 Å². The number of nitrogens with zero attached hydrogens (tertiary/aromatic N) is 1. The zero-order valence-corrected chi connectivity index (χ0v) is 21.0. The third-order valence-electron chi connectivity index (χ3n) is 5.58. The van der Waals surface area contributed by atoms with Crippen molar-refractivity contribution < 1.29 is 24.0 Å². The lowest BCUT2D eigenvalue weighted by molar-refractivity contribution is -0.147. The van der Waals surface area contributed by atoms with Crippen LogP contribution in [0, 0.1) is 5.92 Å². The van der Waals surface area contributed by atoms with Crippen LogP contribution in [-0.4, -0.2) is 43.3 Å². The van der Waals surface area contributed by atoms with Gasteiger partial charge in [0.05, 0.1) is 33.8 Å². The van der Waals surface area contributed by atoms with Crippen LogP contribution < -0.4 is 10.6 Å². The quantitative estimate of drug-likeness (QED) is 0.370. The van der Waals surface area contributed by atoms with E-state index in [-0.39, 0.29) is 34.5 Å². The van der Waals surface area contributed by atoms with E-state index in [0.29, 0.717) is 24.2 Å². The monoisotopic (exact) mass is 519 g/mol. The smallest absolute Gasteiger partial charge is 0.328 e. The lowest BCUT2D eigenvalue weighted by atomic mass is 10.0. The summed E-state index contributed by atoms with van der Waals surface area (Å²) in [5, 5.41) is 10.0. The fraction of sp³-hybridized carbons (Fsp3) is 0.360. The van der Waals surface area contributed by atoms with Gasteiger partial charge in [-0.2, -0.15) is 0 Å². The van der Waals surface area contributed by atoms with Crippen LogP contribution in [-0.2, 0) is 25.6 Å². The van der Waals surface area contributed by atoms with Crippen molar-refractivity contribution in [2.24, 2.45) is 11.1 Å². The van der Waals surface area contributed by atoms with Crippen molar-refractivity contribution in [2.75, 3.05) is 19.0 Å². The summed E-state index contributed by atoms with van der Waals surface area (Å²) in [6.45, 7) is 1.90. The number of halogens is 2. The van der Waals surface area contributed by atoms with E-state index in [1.807, 2.05) is 0 Å². The summed E-state index contributed by atoms with van der Waals surface area (Å²) in [6.07, 6.45) is 2.38. The molecule has 1 aliphatic rings. The van der Waals surface area contributed by atoms with E-state index in [9.17, 15) is 14.4 Å². The van der Waals surface area contributed by atoms with Crippen LogP contribution in [0.1, 0.15) is 42.1 Å². The highest BCUT2D eigenvalue weighted by atomic mass is 35.5. The van der Waals surface area contributed by atoms with E-state index in [2.05, 4.69) is 15.8 Å². The molecule has 1 aliphatic carbocycles. The molecule has 2 atom stereocenters. The highest BCUT2D eigenvalue weighted by molar-refractivity contribution is 6.40. The van der Waals surface area contributed by atoms with Crippen molar-refractivity contribution in [3.05, 3.63) is 63.6 Å². The molecule has 2 aromatic carbocycles. The third-order valence-corrected chi connectivity index (χ3v) is 6.21. The molecule has 2 N–H and O–H groups in total. The Morgan fingerprint density at radius 2 is 1.80 bits per heavy atom. The van der Waals surface area contributed by atoms with Crippen LogP contribution in [0.4, 0.5) is 5.69 Å². The SMILES string of the molecule is CCOC(=O)[C@H](Cc1ccc(NC(=O)c2c(Cl)cccc2Cl)cc1)NC(=O)C1CCCC1=NOC. The van der Waals surface area contributed by atoms with Crippen LogP contribution in [0.25, 0.3) is 0 Å². The summed E-state index contributed by atoms with van der Waals surface area (Å²) < 4.78 is 5.17. The van der Waals surface area contributed by atoms with Crippen molar-refractivity contribution in [2.45, 2.75) is 38.6 Å². The zero-order valence-electron chi connectivity index (χ0n) is 19.5. The van der Waals surface area contributed by atoms with Gasteiger partial charge in [-0.15, -0.1) is 0 Å². The molecule has 2 amide bonds. The van der Waals surface area contributed by atoms with E-state index in [0.717, 1.165) is 12.0 Å². The van der Waals surface area contributed by atoms with Gasteiger partial charge in [0, 0.05) is 12.1 Å². The van der Waals surface area contributed by atoms with Crippen molar-refractivity contribution in [3.8, 4) is 0 Å². The Labute approximate surface area is 213 Å². The number of anilines is 1. The number of carbonyl (C=O) groups is 3. The number of benzene rings is 2. The van der Waals surface area contributed by atoms with Crippen molar-refractivity contribution in [3.63, 3.8) is 0 Å². The number of hydrogen-bond acceptors (Lipinski definition) is 6. The molecule has 3 rings (SSSR count). The standard InChI is InChI=1S/C25H27Cl2N3O5/c1-3-35-25(33)21(29-23(31)17-6-4-9-20(17)30-34-2)14-15-10-12-16(13-11-15)28-24(32)22-18(26)7-5-8-19(22)27/h5,7-8,10-13,17,21H,3-4,6,9,14H2,1-2H3,(H,28,32)(H,29,31)/t17?,21-/m0/s1. The molecular weight excluding hydrogens is 493 g/mol. The fourth-order valence-corrected chi connectivity index (χ4v) is 4.48. The maximum Gasteiger partial charge on any atom is 0.328 e. The minimum Gasteiger partial charge on any atom is -0.464 e. The molecule has 8 nitrogen and oxygen atoms in total. The number of hydrogen-bond donors (Lipinski definition) is 2. The first-order chi connectivity index (χ1) is 16.8. The Bertz CT molecular complexity index is 1080. The number of amides is 2. The lowest BCUT2D eigenvalue weighted by Crippen LogP contribution is -2.46. The zero-order chi connectivity index (χ0) is 25.4. The number of nitrogens with one attached hydrogen (secondary N) is 2. The maximum atomic E-state index is 12.9. The molecule has 10 heteroatoms. The van der Waals surface area contributed by atoms with Crippen LogP contribution in [0.2, 0.25) is 10.0 Å². The molecule has 0 aromatic heterocycles. The number of rotatable bonds is 9. The fourth-order valence-electron chi connectivity index (χ4n) is 3.91. The predicted octanol–water partition coefficient (Wildman–Crippen LogP) is 4.64. The first kappa shape index (κ1) is 26.5. The van der Waals surface area contributed by atoms with Gasteiger partial charge in [-0.25, -0.2) is 4.79 Å². The van der Waals surface area contributed by atoms with Crippen LogP contribution >= 0.6 is 23.2 Å². The summed E-state index contributed by atoms with van der Waals surface area (Å²) in [6, 6.07) is 10.9. The largest absolute Gasteiger partial charge is 0.464 e. The normalized spacial score (nSPS) is 17.0. The highest BCUT2D eigenvalue weighted by Gasteiger charge is 2.33. The molecule has 0 spiro atoms. The van der Waals surface area contributed by atoms with Gasteiger partial charge in [0.2, 0.25) is 5.91 Å². The Morgan fingerprint density at radius 1 is 1.11 bits per heavy atom. The van der Waals surface area contributed by atoms with Gasteiger partial charge in [-0.1, -0.05) is 46.6 Å². The lowest BCUT2D eigenvalue weighted by Gasteiger charge is -2.20. The molecule has 1 saturated carbocycles. The Hall–Kier alpha value is -3.10. The molecular formula is C25H27Cl2N3O5. The summed E-state index contributed by atoms with van der Waals surface area (Å²) in [5.41, 5.74) is 2.16. The Balaban J connectivity index is 1.69. The second kappa shape index (κ2) is 12.6. The van der Waals surface area contributed by atoms with Gasteiger partial charge in [0.25, 0.3) is 5.91 Å². The second-order valence-electron chi connectivity index (χ2n) is 7.98. The van der Waals surface area contributed by atoms with Crippen molar-refractivity contribution in [1.82, 2.24) is 5.32 Å². The second-order valence-corrected chi connectivity index (χ2v) is 8.79. The Kier molecular flexibility index (Phi) is 9.51. The minimum atomic E-state index is -0.866. The Morgan fingerprint density at radius 3 is 2.43 bits per heavy atom. The average molecular weight is 520 g/mol. The van der Waals surface area contributed by atoms with Gasteiger partial charge in [-0.3, -0.25) is 9.59 Å². The molecule has 35 heavy (non-hydrogen) atoms. The summed E-state index contributed by atoms with van der Waals surface area (Å²) in [7, 11) is 1.44. The number of carbonyl (C=O) groups excluding carboxylic acids is 3. The van der Waals surface area contributed by atoms with E-state index in [1.54, 1.807) is 49.4 Å². The minimum absolute atomic E-state index is 0.188. The van der Waals surface area contributed by atoms with Gasteiger partial charge < -0.3 is 20.2 Å². The summed E-state index contributed by atoms with van der Waals surface area (Å²) in [5.74, 6) is -1.66. The van der Waals surface area contributed by atoms with Crippen LogP contribution in [0.5, 0.6) is 0 Å². The predicted molar refractivity (Wildman–Crippen MR) is 135 cm³/mol. The van der Waals surface area contributed by atoms with Gasteiger partial charge >= 0.3 is 5.97 Å². The molecule has 0 radical (unpaired) electrons. The van der Waals surface area contributed by atoms with Crippen molar-refractivity contribution >= 4 is 52.4 Å². The van der Waals surface area contributed by atoms with Crippen molar-refractivity contribution in [1.29, 1.82) is 0 Å². The number of ether oxygens (including phenoxy) is 1. The van der Waals surface area contributed by atoms with E-state index in [1.165, 1.54) is 7.11 Å². The molecule has 0 bridgehead atoms. The topological polar surface area (TPSA) is 106 Å². The molecule has 2 aromatic rings. The molecule has 0 heterocycles. The first-order valence-electron chi connectivity index (χ1n) is 11.2. The van der Waals surface area contributed by atoms with Crippen LogP contribution in [0.3, 0.4) is 0 Å². The molecule has 1 unspecified atom stereocenters. The average Bonchev–Trinajstić information content (AvgIpc) is 3.28. The molecule has 1 fully saturated rings. The van der Waals surface area contributed by atoms with E-state index < -0.39 is 23.8 Å². The van der Waals surface area contributed by atoms with Crippen LogP contribution in [0.15, 0.2) is 47.6 Å². The number of esters is 1. The third kappa shape index (κ3) is 6.96. The molecule has 0 aliphatic heterocycles. The number of oxime groups is 1. The first-order valence-corrected chi connectivity index (χ1v) is 12.0.